The van der Waals surface area contributed by atoms with Gasteiger partial charge in [0.25, 0.3) is 0 Å². The molecule has 0 aromatic heterocycles. The van der Waals surface area contributed by atoms with Gasteiger partial charge in [0.05, 0.1) is 31.1 Å². The fourth-order valence-corrected chi connectivity index (χ4v) is 6.53. The van der Waals surface area contributed by atoms with Crippen molar-refractivity contribution in [2.24, 2.45) is 15.9 Å². The van der Waals surface area contributed by atoms with E-state index in [1.165, 1.54) is 18.2 Å². The molecule has 3 unspecified atom stereocenters. The Hall–Kier alpha value is -3.62. The van der Waals surface area contributed by atoms with E-state index >= 15 is 0 Å². The molecule has 3 fully saturated rings. The average molecular weight is 578 g/mol. The number of amidine groups is 2. The summed E-state index contributed by atoms with van der Waals surface area (Å²) in [4.78, 5) is 41.9. The second kappa shape index (κ2) is 13.1. The maximum absolute atomic E-state index is 14.0. The zero-order chi connectivity index (χ0) is 29.8. The summed E-state index contributed by atoms with van der Waals surface area (Å²) < 4.78 is 19.9. The van der Waals surface area contributed by atoms with Crippen LogP contribution in [0.3, 0.4) is 0 Å². The summed E-state index contributed by atoms with van der Waals surface area (Å²) in [5, 5.41) is 19.2. The van der Waals surface area contributed by atoms with E-state index < -0.39 is 11.9 Å². The Morgan fingerprint density at radius 2 is 2.10 bits per heavy atom. The van der Waals surface area contributed by atoms with Gasteiger partial charge >= 0.3 is 6.02 Å². The van der Waals surface area contributed by atoms with Gasteiger partial charge in [-0.3, -0.25) is 9.59 Å². The summed E-state index contributed by atoms with van der Waals surface area (Å²) >= 11 is 0. The molecular weight excluding hydrogens is 539 g/mol. The number of carbonyl (C=O) groups excluding carboxylic acids is 2. The number of ether oxygens (including phenoxy) is 1. The van der Waals surface area contributed by atoms with Crippen LogP contribution in [0.2, 0.25) is 0 Å². The van der Waals surface area contributed by atoms with E-state index in [0.29, 0.717) is 56.9 Å². The molecule has 3 heterocycles. The number of aliphatic hydroxyl groups excluding tert-OH is 1. The van der Waals surface area contributed by atoms with E-state index in [1.54, 1.807) is 11.0 Å². The molecule has 1 aromatic carbocycles. The third kappa shape index (κ3) is 6.25. The molecule has 0 spiro atoms. The fraction of sp³-hybridized carbons (Fsp3) is 0.548. The summed E-state index contributed by atoms with van der Waals surface area (Å²) in [6, 6.07) is 5.81. The van der Waals surface area contributed by atoms with Gasteiger partial charge in [-0.25, -0.2) is 9.38 Å². The third-order valence-electron chi connectivity index (χ3n) is 8.94. The fourth-order valence-electron chi connectivity index (χ4n) is 6.53. The first kappa shape index (κ1) is 29.9. The topological polar surface area (TPSA) is 122 Å². The molecule has 2 saturated heterocycles. The van der Waals surface area contributed by atoms with Crippen LogP contribution in [0.15, 0.2) is 40.8 Å². The van der Waals surface area contributed by atoms with Gasteiger partial charge in [-0.05, 0) is 75.0 Å². The molecule has 223 valence electrons. The second-order valence-corrected chi connectivity index (χ2v) is 11.5. The first-order valence-corrected chi connectivity index (χ1v) is 14.6. The van der Waals surface area contributed by atoms with Crippen molar-refractivity contribution in [2.45, 2.75) is 63.3 Å². The van der Waals surface area contributed by atoms with E-state index in [2.05, 4.69) is 24.6 Å². The Morgan fingerprint density at radius 1 is 1.26 bits per heavy atom. The number of ketones is 1. The van der Waals surface area contributed by atoms with Gasteiger partial charge in [-0.1, -0.05) is 12.6 Å². The highest BCUT2D eigenvalue weighted by Crippen LogP contribution is 2.37. The molecule has 1 aliphatic carbocycles. The highest BCUT2D eigenvalue weighted by molar-refractivity contribution is 6.11. The highest BCUT2D eigenvalue weighted by atomic mass is 19.1. The number of likely N-dealkylation sites (tertiary alicyclic amines) is 1. The lowest BCUT2D eigenvalue weighted by Crippen LogP contribution is -2.59. The molecule has 4 aliphatic rings. The lowest BCUT2D eigenvalue weighted by Gasteiger charge is -2.45. The van der Waals surface area contributed by atoms with E-state index in [0.717, 1.165) is 30.9 Å². The van der Waals surface area contributed by atoms with Gasteiger partial charge in [0.15, 0.2) is 5.78 Å². The molecule has 11 heteroatoms. The summed E-state index contributed by atoms with van der Waals surface area (Å²) in [6.45, 7) is 6.00. The van der Waals surface area contributed by atoms with Crippen molar-refractivity contribution in [1.82, 2.24) is 14.7 Å². The Bertz CT molecular complexity index is 1310. The number of piperazine rings is 1. The van der Waals surface area contributed by atoms with Crippen molar-refractivity contribution in [2.75, 3.05) is 39.8 Å². The molecule has 1 radical (unpaired) electrons. The Kier molecular flexibility index (Phi) is 9.34. The van der Waals surface area contributed by atoms with Crippen LogP contribution in [0.4, 0.5) is 4.39 Å². The maximum atomic E-state index is 14.0. The molecule has 4 atom stereocenters. The van der Waals surface area contributed by atoms with E-state index in [1.807, 2.05) is 4.90 Å². The van der Waals surface area contributed by atoms with Crippen LogP contribution >= 0.6 is 0 Å². The van der Waals surface area contributed by atoms with Crippen LogP contribution in [0.25, 0.3) is 0 Å². The second-order valence-electron chi connectivity index (χ2n) is 11.5. The Balaban J connectivity index is 1.39. The number of aliphatic hydroxyl groups is 1. The number of hydrogen-bond donors (Lipinski definition) is 1. The number of fused-ring (bicyclic) bond motifs is 1. The number of halogens is 1. The smallest absolute Gasteiger partial charge is 0.314 e. The number of hydrogen-bond acceptors (Lipinski definition) is 9. The van der Waals surface area contributed by atoms with Gasteiger partial charge in [0.2, 0.25) is 5.91 Å². The average Bonchev–Trinajstić information content (AvgIpc) is 3.42. The minimum absolute atomic E-state index is 0.0509. The lowest BCUT2D eigenvalue weighted by molar-refractivity contribution is -0.130. The van der Waals surface area contributed by atoms with Crippen LogP contribution < -0.4 is 0 Å². The SMILES string of the molecule is C=CC(=O)N1CCN(C2=NC(OCC3CCCN3C)=NC3[C]2CC[C@@H](Cc2ccc(F)cc2CO)C3=O)CC1CC#N. The van der Waals surface area contributed by atoms with Gasteiger partial charge < -0.3 is 24.5 Å². The number of amides is 1. The van der Waals surface area contributed by atoms with Crippen molar-refractivity contribution >= 4 is 23.5 Å². The predicted molar refractivity (Wildman–Crippen MR) is 155 cm³/mol. The van der Waals surface area contributed by atoms with Crippen LogP contribution in [-0.4, -0.2) is 101 Å². The van der Waals surface area contributed by atoms with E-state index in [4.69, 9.17) is 14.7 Å². The third-order valence-corrected chi connectivity index (χ3v) is 8.94. The van der Waals surface area contributed by atoms with Gasteiger partial charge in [-0.15, -0.1) is 0 Å². The molecule has 3 aliphatic heterocycles. The van der Waals surface area contributed by atoms with Crippen LogP contribution in [0.5, 0.6) is 0 Å². The maximum Gasteiger partial charge on any atom is 0.314 e. The summed E-state index contributed by atoms with van der Waals surface area (Å²) in [5.74, 6) is 0.421. The number of carbonyl (C=O) groups is 2. The quantitative estimate of drug-likeness (QED) is 0.494. The summed E-state index contributed by atoms with van der Waals surface area (Å²) in [7, 11) is 2.06. The van der Waals surface area contributed by atoms with Gasteiger partial charge in [0, 0.05) is 31.6 Å². The summed E-state index contributed by atoms with van der Waals surface area (Å²) in [6.07, 6.45) is 5.09. The van der Waals surface area contributed by atoms with Crippen molar-refractivity contribution in [3.05, 3.63) is 53.7 Å². The predicted octanol–water partition coefficient (Wildman–Crippen LogP) is 2.27. The number of Topliss-reactive ketones (excluding diaryl/α,β-unsaturated/α-hetero) is 1. The molecule has 10 nitrogen and oxygen atoms in total. The van der Waals surface area contributed by atoms with Gasteiger partial charge in [0.1, 0.15) is 24.3 Å². The van der Waals surface area contributed by atoms with Crippen molar-refractivity contribution in [3.63, 3.8) is 0 Å². The minimum atomic E-state index is -0.757. The molecule has 0 bridgehead atoms. The standard InChI is InChI=1S/C31H38FN6O4/c1-3-27(40)38-14-13-37(17-24(38)10-11-33)30-26-9-7-21(15-20-6-8-23(32)16-22(20)18-39)29(41)28(26)34-31(35-30)42-19-25-5-4-12-36(25)2/h3,6,8,16,21,24-25,28,39H,1,4-5,7,9-10,12-15,17-19H2,2H3/t21-,24?,25?,28?/m0/s1. The largest absolute Gasteiger partial charge is 0.462 e. The molecule has 1 aromatic rings. The first-order valence-electron chi connectivity index (χ1n) is 14.6. The van der Waals surface area contributed by atoms with E-state index in [-0.39, 0.29) is 48.7 Å². The molecular formula is C31H38FN6O4. The first-order chi connectivity index (χ1) is 20.3. The van der Waals surface area contributed by atoms with Crippen molar-refractivity contribution in [1.29, 1.82) is 5.26 Å². The van der Waals surface area contributed by atoms with Crippen molar-refractivity contribution in [3.8, 4) is 6.07 Å². The highest BCUT2D eigenvalue weighted by Gasteiger charge is 2.46. The zero-order valence-corrected chi connectivity index (χ0v) is 24.0. The number of nitrogens with zero attached hydrogens (tertiary/aromatic N) is 6. The Morgan fingerprint density at radius 3 is 2.81 bits per heavy atom. The van der Waals surface area contributed by atoms with Crippen LogP contribution in [-0.2, 0) is 27.4 Å². The molecule has 1 N–H and O–H groups in total. The number of benzene rings is 1. The molecule has 1 amide bonds. The number of rotatable bonds is 7. The van der Waals surface area contributed by atoms with Crippen LogP contribution in [0.1, 0.15) is 43.2 Å². The normalized spacial score (nSPS) is 26.8. The van der Waals surface area contributed by atoms with Crippen molar-refractivity contribution < 1.29 is 23.8 Å². The lowest BCUT2D eigenvalue weighted by atomic mass is 9.73. The van der Waals surface area contributed by atoms with Crippen LogP contribution in [0, 0.1) is 29.0 Å². The van der Waals surface area contributed by atoms with Gasteiger partial charge in [-0.2, -0.15) is 10.3 Å². The minimum Gasteiger partial charge on any atom is -0.462 e. The molecule has 5 rings (SSSR count). The number of nitriles is 1. The molecule has 1 saturated carbocycles. The number of aliphatic imine (C=N–C) groups is 2. The van der Waals surface area contributed by atoms with E-state index in [9.17, 15) is 24.3 Å². The number of likely N-dealkylation sites (N-methyl/N-ethyl adjacent to an activating group) is 1. The molecule has 42 heavy (non-hydrogen) atoms. The Labute approximate surface area is 246 Å². The monoisotopic (exact) mass is 577 g/mol. The summed E-state index contributed by atoms with van der Waals surface area (Å²) in [5.41, 5.74) is 1.23. The zero-order valence-electron chi connectivity index (χ0n) is 24.0.